The van der Waals surface area contributed by atoms with Gasteiger partial charge in [0.15, 0.2) is 0 Å². The normalized spacial score (nSPS) is 9.85. The summed E-state index contributed by atoms with van der Waals surface area (Å²) in [5.41, 5.74) is 1.65. The van der Waals surface area contributed by atoms with Gasteiger partial charge in [-0.05, 0) is 30.3 Å². The van der Waals surface area contributed by atoms with Crippen LogP contribution in [-0.4, -0.2) is 19.4 Å². The largest absolute Gasteiger partial charge is 0.496 e. The zero-order valence-electron chi connectivity index (χ0n) is 11.0. The van der Waals surface area contributed by atoms with Gasteiger partial charge in [-0.15, -0.1) is 0 Å². The van der Waals surface area contributed by atoms with Crippen LogP contribution in [0.1, 0.15) is 26.3 Å². The van der Waals surface area contributed by atoms with Crippen LogP contribution < -0.4 is 4.74 Å². The lowest BCUT2D eigenvalue weighted by Gasteiger charge is -2.10. The lowest BCUT2D eigenvalue weighted by atomic mass is 10.1. The molecule has 0 aliphatic rings. The molecule has 0 fully saturated rings. The number of ether oxygens (including phenoxy) is 2. The van der Waals surface area contributed by atoms with Crippen LogP contribution in [0.3, 0.4) is 0 Å². The van der Waals surface area contributed by atoms with Crippen molar-refractivity contribution >= 4 is 12.3 Å². The molecule has 102 valence electrons. The van der Waals surface area contributed by atoms with Gasteiger partial charge in [-0.1, -0.05) is 18.2 Å². The highest BCUT2D eigenvalue weighted by molar-refractivity contribution is 5.89. The molecule has 0 atom stereocenters. The number of carbonyl (C=O) groups is 2. The van der Waals surface area contributed by atoms with E-state index < -0.39 is 5.97 Å². The van der Waals surface area contributed by atoms with Crippen molar-refractivity contribution in [3.63, 3.8) is 0 Å². The van der Waals surface area contributed by atoms with Crippen LogP contribution in [0.15, 0.2) is 48.5 Å². The maximum absolute atomic E-state index is 11.8. The van der Waals surface area contributed by atoms with Crippen LogP contribution in [0.2, 0.25) is 0 Å². The van der Waals surface area contributed by atoms with Gasteiger partial charge >= 0.3 is 5.97 Å². The number of methoxy groups -OCH3 is 1. The van der Waals surface area contributed by atoms with Gasteiger partial charge in [0.1, 0.15) is 18.6 Å². The smallest absolute Gasteiger partial charge is 0.338 e. The summed E-state index contributed by atoms with van der Waals surface area (Å²) in [6.07, 6.45) is 0.738. The Balaban J connectivity index is 2.10. The van der Waals surface area contributed by atoms with E-state index in [1.54, 1.807) is 42.5 Å². The number of benzene rings is 2. The number of carbonyl (C=O) groups excluding carboxylic acids is 2. The maximum atomic E-state index is 11.8. The van der Waals surface area contributed by atoms with Crippen molar-refractivity contribution in [3.05, 3.63) is 65.2 Å². The molecular weight excluding hydrogens is 256 g/mol. The number of esters is 1. The van der Waals surface area contributed by atoms with Gasteiger partial charge < -0.3 is 9.47 Å². The molecule has 2 aromatic carbocycles. The fourth-order valence-electron chi connectivity index (χ4n) is 1.79. The van der Waals surface area contributed by atoms with E-state index in [1.165, 1.54) is 7.11 Å². The highest BCUT2D eigenvalue weighted by Gasteiger charge is 2.10. The number of hydrogen-bond donors (Lipinski definition) is 0. The SMILES string of the molecule is COc1ccc(C=O)cc1COC(=O)c1ccccc1. The highest BCUT2D eigenvalue weighted by Crippen LogP contribution is 2.20. The Morgan fingerprint density at radius 2 is 1.90 bits per heavy atom. The molecule has 0 saturated heterocycles. The Kier molecular flexibility index (Phi) is 4.50. The minimum Gasteiger partial charge on any atom is -0.496 e. The standard InChI is InChI=1S/C16H14O4/c1-19-15-8-7-12(10-17)9-14(15)11-20-16(18)13-5-3-2-4-6-13/h2-10H,11H2,1H3. The van der Waals surface area contributed by atoms with Crippen LogP contribution in [-0.2, 0) is 11.3 Å². The van der Waals surface area contributed by atoms with Crippen molar-refractivity contribution in [2.75, 3.05) is 7.11 Å². The van der Waals surface area contributed by atoms with Crippen LogP contribution in [0.5, 0.6) is 5.75 Å². The number of hydrogen-bond acceptors (Lipinski definition) is 4. The monoisotopic (exact) mass is 270 g/mol. The first-order chi connectivity index (χ1) is 9.74. The molecule has 0 bridgehead atoms. The topological polar surface area (TPSA) is 52.6 Å². The lowest BCUT2D eigenvalue weighted by molar-refractivity contribution is 0.0470. The van der Waals surface area contributed by atoms with E-state index in [2.05, 4.69) is 0 Å². The van der Waals surface area contributed by atoms with E-state index in [-0.39, 0.29) is 6.61 Å². The summed E-state index contributed by atoms with van der Waals surface area (Å²) >= 11 is 0. The van der Waals surface area contributed by atoms with Crippen molar-refractivity contribution < 1.29 is 19.1 Å². The zero-order valence-corrected chi connectivity index (χ0v) is 11.0. The van der Waals surface area contributed by atoms with E-state index in [0.29, 0.717) is 22.4 Å². The highest BCUT2D eigenvalue weighted by atomic mass is 16.5. The third-order valence-corrected chi connectivity index (χ3v) is 2.81. The maximum Gasteiger partial charge on any atom is 0.338 e. The molecule has 0 aromatic heterocycles. The van der Waals surface area contributed by atoms with E-state index >= 15 is 0 Å². The van der Waals surface area contributed by atoms with Gasteiger partial charge in [0.25, 0.3) is 0 Å². The van der Waals surface area contributed by atoms with Gasteiger partial charge in [0.05, 0.1) is 12.7 Å². The zero-order chi connectivity index (χ0) is 14.4. The minimum absolute atomic E-state index is 0.0541. The Labute approximate surface area is 116 Å². The molecule has 0 saturated carbocycles. The summed E-state index contributed by atoms with van der Waals surface area (Å²) in [6, 6.07) is 13.7. The third-order valence-electron chi connectivity index (χ3n) is 2.81. The average Bonchev–Trinajstić information content (AvgIpc) is 2.53. The van der Waals surface area contributed by atoms with E-state index in [1.807, 2.05) is 6.07 Å². The molecule has 4 heteroatoms. The van der Waals surface area contributed by atoms with E-state index in [4.69, 9.17) is 9.47 Å². The fourth-order valence-corrected chi connectivity index (χ4v) is 1.79. The number of rotatable bonds is 5. The molecule has 4 nitrogen and oxygen atoms in total. The number of aldehydes is 1. The van der Waals surface area contributed by atoms with Gasteiger partial charge in [0.2, 0.25) is 0 Å². The Hall–Kier alpha value is -2.62. The van der Waals surface area contributed by atoms with Crippen LogP contribution in [0.25, 0.3) is 0 Å². The van der Waals surface area contributed by atoms with Crippen molar-refractivity contribution in [1.82, 2.24) is 0 Å². The van der Waals surface area contributed by atoms with E-state index in [0.717, 1.165) is 6.29 Å². The fraction of sp³-hybridized carbons (Fsp3) is 0.125. The minimum atomic E-state index is -0.413. The predicted octanol–water partition coefficient (Wildman–Crippen LogP) is 2.86. The van der Waals surface area contributed by atoms with Crippen LogP contribution in [0.4, 0.5) is 0 Å². The summed E-state index contributed by atoms with van der Waals surface area (Å²) in [5, 5.41) is 0. The van der Waals surface area contributed by atoms with Gasteiger partial charge in [-0.3, -0.25) is 4.79 Å². The Morgan fingerprint density at radius 1 is 1.15 bits per heavy atom. The molecular formula is C16H14O4. The molecule has 0 amide bonds. The molecule has 0 unspecified atom stereocenters. The first-order valence-electron chi connectivity index (χ1n) is 6.09. The first kappa shape index (κ1) is 13.8. The van der Waals surface area contributed by atoms with Crippen molar-refractivity contribution in [2.24, 2.45) is 0 Å². The van der Waals surface area contributed by atoms with E-state index in [9.17, 15) is 9.59 Å². The second kappa shape index (κ2) is 6.52. The summed E-state index contributed by atoms with van der Waals surface area (Å²) < 4.78 is 10.4. The summed E-state index contributed by atoms with van der Waals surface area (Å²) in [6.45, 7) is 0.0541. The van der Waals surface area contributed by atoms with Gasteiger partial charge in [-0.2, -0.15) is 0 Å². The lowest BCUT2D eigenvalue weighted by Crippen LogP contribution is -2.06. The molecule has 0 heterocycles. The Bertz CT molecular complexity index is 605. The molecule has 0 N–H and O–H groups in total. The molecule has 0 radical (unpaired) electrons. The van der Waals surface area contributed by atoms with Gasteiger partial charge in [-0.25, -0.2) is 4.79 Å². The molecule has 0 aliphatic carbocycles. The summed E-state index contributed by atoms with van der Waals surface area (Å²) in [5.74, 6) is 0.167. The summed E-state index contributed by atoms with van der Waals surface area (Å²) in [4.78, 5) is 22.6. The average molecular weight is 270 g/mol. The molecule has 0 spiro atoms. The third kappa shape index (κ3) is 3.23. The molecule has 20 heavy (non-hydrogen) atoms. The first-order valence-corrected chi connectivity index (χ1v) is 6.09. The van der Waals surface area contributed by atoms with Crippen LogP contribution in [0, 0.1) is 0 Å². The quantitative estimate of drug-likeness (QED) is 0.619. The van der Waals surface area contributed by atoms with Crippen molar-refractivity contribution in [3.8, 4) is 5.75 Å². The second-order valence-electron chi connectivity index (χ2n) is 4.13. The van der Waals surface area contributed by atoms with Gasteiger partial charge in [0, 0.05) is 11.1 Å². The molecule has 0 aliphatic heterocycles. The summed E-state index contributed by atoms with van der Waals surface area (Å²) in [7, 11) is 1.53. The van der Waals surface area contributed by atoms with Crippen molar-refractivity contribution in [1.29, 1.82) is 0 Å². The second-order valence-corrected chi connectivity index (χ2v) is 4.13. The predicted molar refractivity (Wildman–Crippen MR) is 73.9 cm³/mol. The molecule has 2 aromatic rings. The molecule has 2 rings (SSSR count). The van der Waals surface area contributed by atoms with Crippen LogP contribution >= 0.6 is 0 Å². The van der Waals surface area contributed by atoms with Crippen molar-refractivity contribution in [2.45, 2.75) is 6.61 Å². The Morgan fingerprint density at radius 3 is 2.55 bits per heavy atom.